The fraction of sp³-hybridized carbons (Fsp3) is 0.214. The maximum Gasteiger partial charge on any atom is 0.271 e. The molecule has 2 aromatic heterocycles. The summed E-state index contributed by atoms with van der Waals surface area (Å²) in [4.78, 5) is 20.1. The summed E-state index contributed by atoms with van der Waals surface area (Å²) in [6.45, 7) is 3.18. The predicted octanol–water partition coefficient (Wildman–Crippen LogP) is 4.79. The zero-order chi connectivity index (χ0) is 26.1. The van der Waals surface area contributed by atoms with Crippen LogP contribution in [0.25, 0.3) is 5.69 Å². The second-order valence-corrected chi connectivity index (χ2v) is 9.58. The van der Waals surface area contributed by atoms with Gasteiger partial charge in [-0.05, 0) is 66.8 Å². The predicted molar refractivity (Wildman–Crippen MR) is 150 cm³/mol. The number of pyridine rings is 1. The van der Waals surface area contributed by atoms with Gasteiger partial charge in [0.1, 0.15) is 6.04 Å². The average Bonchev–Trinajstić information content (AvgIpc) is 3.58. The monoisotopic (exact) mass is 526 g/mol. The lowest BCUT2D eigenvalue weighted by Crippen LogP contribution is -2.36. The summed E-state index contributed by atoms with van der Waals surface area (Å²) in [6, 6.07) is 24.4. The molecule has 4 heterocycles. The minimum atomic E-state index is -0.377. The third kappa shape index (κ3) is 4.48. The Kier molecular flexibility index (Phi) is 6.48. The molecule has 0 radical (unpaired) electrons. The number of aromatic nitrogens is 2. The first-order valence-corrected chi connectivity index (χ1v) is 12.9. The van der Waals surface area contributed by atoms with Crippen molar-refractivity contribution in [3.05, 3.63) is 113 Å². The Morgan fingerprint density at radius 2 is 1.74 bits per heavy atom. The summed E-state index contributed by atoms with van der Waals surface area (Å²) in [5, 5.41) is 15.5. The number of hydrogen-bond donors (Lipinski definition) is 1. The van der Waals surface area contributed by atoms with E-state index < -0.39 is 0 Å². The maximum atomic E-state index is 11.5. The highest BCUT2D eigenvalue weighted by Gasteiger charge is 2.42. The molecule has 2 aliphatic heterocycles. The molecule has 2 aromatic carbocycles. The number of benzene rings is 2. The van der Waals surface area contributed by atoms with Crippen molar-refractivity contribution in [2.24, 2.45) is 0 Å². The van der Waals surface area contributed by atoms with E-state index in [1.165, 1.54) is 6.07 Å². The van der Waals surface area contributed by atoms with Crippen LogP contribution >= 0.6 is 12.2 Å². The number of rotatable bonds is 6. The molecule has 0 bridgehead atoms. The first-order valence-electron chi connectivity index (χ1n) is 12.5. The van der Waals surface area contributed by atoms with Gasteiger partial charge in [0.05, 0.1) is 35.6 Å². The van der Waals surface area contributed by atoms with Crippen molar-refractivity contribution >= 4 is 34.4 Å². The van der Waals surface area contributed by atoms with Crippen LogP contribution in [0.3, 0.4) is 0 Å². The molecule has 10 heteroatoms. The maximum absolute atomic E-state index is 11.5. The fourth-order valence-electron chi connectivity index (χ4n) is 5.21. The van der Waals surface area contributed by atoms with Crippen molar-refractivity contribution in [1.82, 2.24) is 14.9 Å². The molecule has 0 spiro atoms. The van der Waals surface area contributed by atoms with Crippen LogP contribution in [-0.2, 0) is 4.74 Å². The summed E-state index contributed by atoms with van der Waals surface area (Å²) in [6.07, 6.45) is 3.70. The molecule has 2 atom stereocenters. The molecule has 4 aromatic rings. The summed E-state index contributed by atoms with van der Waals surface area (Å²) >= 11 is 5.89. The van der Waals surface area contributed by atoms with Gasteiger partial charge >= 0.3 is 0 Å². The first kappa shape index (κ1) is 24.1. The molecule has 1 N–H and O–H groups in total. The van der Waals surface area contributed by atoms with Gasteiger partial charge in [-0.1, -0.05) is 12.1 Å². The number of hydrogen-bond acceptors (Lipinski definition) is 6. The number of non-ortho nitro benzene ring substituents is 1. The number of morpholine rings is 1. The van der Waals surface area contributed by atoms with Crippen molar-refractivity contribution in [3.8, 4) is 5.69 Å². The van der Waals surface area contributed by atoms with E-state index in [0.29, 0.717) is 10.8 Å². The van der Waals surface area contributed by atoms with Crippen molar-refractivity contribution in [2.45, 2.75) is 12.1 Å². The molecule has 0 amide bonds. The molecule has 2 aliphatic rings. The molecule has 0 aliphatic carbocycles. The Labute approximate surface area is 225 Å². The molecule has 2 fully saturated rings. The fourth-order valence-corrected chi connectivity index (χ4v) is 5.55. The van der Waals surface area contributed by atoms with Gasteiger partial charge in [0.25, 0.3) is 5.69 Å². The van der Waals surface area contributed by atoms with Crippen molar-refractivity contribution in [2.75, 3.05) is 36.1 Å². The minimum absolute atomic E-state index is 0.0408. The Morgan fingerprint density at radius 3 is 2.47 bits per heavy atom. The van der Waals surface area contributed by atoms with Crippen molar-refractivity contribution < 1.29 is 9.66 Å². The minimum Gasteiger partial charge on any atom is -0.378 e. The van der Waals surface area contributed by atoms with E-state index in [1.54, 1.807) is 18.3 Å². The van der Waals surface area contributed by atoms with Crippen LogP contribution in [0.5, 0.6) is 0 Å². The van der Waals surface area contributed by atoms with Gasteiger partial charge < -0.3 is 24.4 Å². The van der Waals surface area contributed by atoms with Gasteiger partial charge in [0, 0.05) is 54.7 Å². The summed E-state index contributed by atoms with van der Waals surface area (Å²) in [5.41, 5.74) is 4.64. The van der Waals surface area contributed by atoms with Crippen LogP contribution in [-0.4, -0.2) is 45.9 Å². The van der Waals surface area contributed by atoms with Crippen LogP contribution < -0.4 is 15.1 Å². The van der Waals surface area contributed by atoms with Gasteiger partial charge in [-0.3, -0.25) is 15.1 Å². The lowest BCUT2D eigenvalue weighted by molar-refractivity contribution is -0.384. The summed E-state index contributed by atoms with van der Waals surface area (Å²) in [5.74, 6) is 0. The van der Waals surface area contributed by atoms with Crippen LogP contribution in [0.4, 0.5) is 17.1 Å². The van der Waals surface area contributed by atoms with Gasteiger partial charge in [-0.2, -0.15) is 0 Å². The van der Waals surface area contributed by atoms with E-state index in [1.807, 2.05) is 47.2 Å². The Bertz CT molecular complexity index is 1450. The van der Waals surface area contributed by atoms with Crippen LogP contribution in [0.15, 0.2) is 91.3 Å². The highest BCUT2D eigenvalue weighted by Crippen LogP contribution is 2.42. The molecule has 192 valence electrons. The second-order valence-electron chi connectivity index (χ2n) is 9.19. The average molecular weight is 527 g/mol. The standard InChI is InChI=1S/C28H26N6O3S/c35-34(36)23-6-3-5-22(19-23)32-14-4-8-25(32)27-26(24-7-1-2-13-29-24)30-28(38)33(27)21-11-9-20(10-12-21)31-15-17-37-18-16-31/h1-14,19,26-27H,15-18H2,(H,30,38). The summed E-state index contributed by atoms with van der Waals surface area (Å²) in [7, 11) is 0. The highest BCUT2D eigenvalue weighted by atomic mass is 32.1. The van der Waals surface area contributed by atoms with Gasteiger partial charge in [0.2, 0.25) is 0 Å². The number of nitrogens with one attached hydrogen (secondary N) is 1. The number of nitro groups is 1. The molecular formula is C28H26N6O3S. The number of ether oxygens (including phenoxy) is 1. The van der Waals surface area contributed by atoms with E-state index in [0.717, 1.165) is 49.1 Å². The van der Waals surface area contributed by atoms with E-state index in [9.17, 15) is 10.1 Å². The topological polar surface area (TPSA) is 88.7 Å². The lowest BCUT2D eigenvalue weighted by atomic mass is 10.0. The normalized spacial score (nSPS) is 19.4. The zero-order valence-electron chi connectivity index (χ0n) is 20.5. The molecule has 6 rings (SSSR count). The molecule has 9 nitrogen and oxygen atoms in total. The number of thiocarbonyl (C=S) groups is 1. The third-order valence-corrected chi connectivity index (χ3v) is 7.32. The summed E-state index contributed by atoms with van der Waals surface area (Å²) < 4.78 is 7.48. The van der Waals surface area contributed by atoms with Crippen LogP contribution in [0.1, 0.15) is 23.5 Å². The number of nitro benzene ring substituents is 1. The van der Waals surface area contributed by atoms with Crippen LogP contribution in [0.2, 0.25) is 0 Å². The van der Waals surface area contributed by atoms with Crippen molar-refractivity contribution in [3.63, 3.8) is 0 Å². The third-order valence-electron chi connectivity index (χ3n) is 7.00. The van der Waals surface area contributed by atoms with E-state index in [-0.39, 0.29) is 22.7 Å². The largest absolute Gasteiger partial charge is 0.378 e. The number of nitrogens with zero attached hydrogens (tertiary/aromatic N) is 5. The smallest absolute Gasteiger partial charge is 0.271 e. The van der Waals surface area contributed by atoms with Gasteiger partial charge in [-0.15, -0.1) is 0 Å². The molecule has 2 unspecified atom stereocenters. The first-order chi connectivity index (χ1) is 18.6. The molecule has 0 saturated carbocycles. The van der Waals surface area contributed by atoms with E-state index in [4.69, 9.17) is 17.0 Å². The number of anilines is 2. The molecular weight excluding hydrogens is 500 g/mol. The Hall–Kier alpha value is -4.28. The van der Waals surface area contributed by atoms with Gasteiger partial charge in [0.15, 0.2) is 5.11 Å². The molecule has 38 heavy (non-hydrogen) atoms. The van der Waals surface area contributed by atoms with Crippen LogP contribution in [0, 0.1) is 10.1 Å². The van der Waals surface area contributed by atoms with Crippen molar-refractivity contribution in [1.29, 1.82) is 0 Å². The highest BCUT2D eigenvalue weighted by molar-refractivity contribution is 7.80. The lowest BCUT2D eigenvalue weighted by Gasteiger charge is -2.31. The second kappa shape index (κ2) is 10.2. The van der Waals surface area contributed by atoms with E-state index >= 15 is 0 Å². The zero-order valence-corrected chi connectivity index (χ0v) is 21.3. The van der Waals surface area contributed by atoms with Gasteiger partial charge in [-0.25, -0.2) is 0 Å². The Morgan fingerprint density at radius 1 is 0.947 bits per heavy atom. The molecule has 2 saturated heterocycles. The SMILES string of the molecule is O=[N+]([O-])c1cccc(-n2cccc2C2C(c3ccccn3)NC(=S)N2c2ccc(N3CCOCC3)cc2)c1. The quantitative estimate of drug-likeness (QED) is 0.218. The van der Waals surface area contributed by atoms with E-state index in [2.05, 4.69) is 44.4 Å². The Balaban J connectivity index is 1.42.